The Hall–Kier alpha value is -1.08. The van der Waals surface area contributed by atoms with Gasteiger partial charge in [0.1, 0.15) is 5.54 Å². The van der Waals surface area contributed by atoms with Gasteiger partial charge in [-0.1, -0.05) is 23.7 Å². The Morgan fingerprint density at radius 2 is 1.95 bits per heavy atom. The van der Waals surface area contributed by atoms with Crippen molar-refractivity contribution in [1.29, 1.82) is 5.26 Å². The Labute approximate surface area is 120 Å². The summed E-state index contributed by atoms with van der Waals surface area (Å²) in [4.78, 5) is 4.66. The third-order valence-corrected chi connectivity index (χ3v) is 3.97. The van der Waals surface area contributed by atoms with E-state index in [0.717, 1.165) is 37.7 Å². The van der Waals surface area contributed by atoms with Crippen molar-refractivity contribution in [3.8, 4) is 6.07 Å². The van der Waals surface area contributed by atoms with Crippen LogP contribution >= 0.6 is 11.6 Å². The summed E-state index contributed by atoms with van der Waals surface area (Å²) in [5.41, 5.74) is 0.891. The van der Waals surface area contributed by atoms with Crippen LogP contribution in [0.25, 0.3) is 0 Å². The number of nitrogens with zero attached hydrogens (tertiary/aromatic N) is 3. The quantitative estimate of drug-likeness (QED) is 0.851. The summed E-state index contributed by atoms with van der Waals surface area (Å²) in [6, 6.07) is 10.4. The smallest absolute Gasteiger partial charge is 0.103 e. The molecule has 0 radical (unpaired) electrons. The van der Waals surface area contributed by atoms with E-state index < -0.39 is 0 Å². The monoisotopic (exact) mass is 277 g/mol. The lowest BCUT2D eigenvalue weighted by atomic mass is 10.0. The van der Waals surface area contributed by atoms with Gasteiger partial charge >= 0.3 is 0 Å². The molecule has 0 amide bonds. The molecule has 0 unspecified atom stereocenters. The molecule has 4 heteroatoms. The van der Waals surface area contributed by atoms with Gasteiger partial charge in [-0.05, 0) is 31.5 Å². The first-order chi connectivity index (χ1) is 9.01. The second-order valence-corrected chi connectivity index (χ2v) is 6.00. The third-order valence-electron chi connectivity index (χ3n) is 3.73. The molecule has 1 aromatic carbocycles. The predicted molar refractivity (Wildman–Crippen MR) is 78.0 cm³/mol. The molecule has 1 aliphatic rings. The lowest BCUT2D eigenvalue weighted by molar-refractivity contribution is 0.0764. The molecule has 1 aromatic rings. The van der Waals surface area contributed by atoms with Crippen LogP contribution < -0.4 is 0 Å². The maximum atomic E-state index is 9.16. The van der Waals surface area contributed by atoms with Gasteiger partial charge in [-0.3, -0.25) is 9.80 Å². The molecule has 0 bridgehead atoms. The molecule has 1 aliphatic heterocycles. The Bertz CT molecular complexity index is 471. The molecule has 1 saturated heterocycles. The summed E-state index contributed by atoms with van der Waals surface area (Å²) in [6.07, 6.45) is 0. The minimum Gasteiger partial charge on any atom is -0.297 e. The van der Waals surface area contributed by atoms with Crippen LogP contribution in [0, 0.1) is 11.3 Å². The molecule has 0 N–H and O–H groups in total. The van der Waals surface area contributed by atoms with E-state index in [1.54, 1.807) is 0 Å². The molecular weight excluding hydrogens is 258 g/mol. The fraction of sp³-hybridized carbons (Fsp3) is 0.533. The molecule has 0 saturated carbocycles. The fourth-order valence-corrected chi connectivity index (χ4v) is 2.64. The summed E-state index contributed by atoms with van der Waals surface area (Å²) < 4.78 is 0. The number of hydrogen-bond donors (Lipinski definition) is 0. The third kappa shape index (κ3) is 3.70. The zero-order valence-corrected chi connectivity index (χ0v) is 12.3. The molecular formula is C15H20ClN3. The number of halogens is 1. The van der Waals surface area contributed by atoms with Crippen molar-refractivity contribution in [3.05, 3.63) is 34.9 Å². The first-order valence-electron chi connectivity index (χ1n) is 6.64. The average molecular weight is 278 g/mol. The Kier molecular flexibility index (Phi) is 4.46. The number of benzene rings is 1. The van der Waals surface area contributed by atoms with Gasteiger partial charge in [0.15, 0.2) is 0 Å². The number of piperazine rings is 1. The van der Waals surface area contributed by atoms with E-state index in [9.17, 15) is 0 Å². The van der Waals surface area contributed by atoms with Crippen LogP contribution in [0.5, 0.6) is 0 Å². The number of hydrogen-bond acceptors (Lipinski definition) is 3. The molecule has 19 heavy (non-hydrogen) atoms. The predicted octanol–water partition coefficient (Wildman–Crippen LogP) is 2.76. The Morgan fingerprint density at radius 1 is 1.26 bits per heavy atom. The summed E-state index contributed by atoms with van der Waals surface area (Å²) >= 11 is 6.00. The normalized spacial score (nSPS) is 18.2. The van der Waals surface area contributed by atoms with Gasteiger partial charge in [0, 0.05) is 37.7 Å². The van der Waals surface area contributed by atoms with Crippen LogP contribution in [0.2, 0.25) is 5.02 Å². The highest BCUT2D eigenvalue weighted by Gasteiger charge is 2.29. The molecule has 0 spiro atoms. The summed E-state index contributed by atoms with van der Waals surface area (Å²) in [5, 5.41) is 9.95. The zero-order valence-electron chi connectivity index (χ0n) is 11.6. The van der Waals surface area contributed by atoms with E-state index in [1.807, 2.05) is 32.0 Å². The molecule has 1 fully saturated rings. The van der Waals surface area contributed by atoms with E-state index in [-0.39, 0.29) is 5.54 Å². The minimum absolute atomic E-state index is 0.359. The molecule has 0 atom stereocenters. The zero-order chi connectivity index (χ0) is 13.9. The molecule has 3 nitrogen and oxygen atoms in total. The first kappa shape index (κ1) is 14.3. The molecule has 2 rings (SSSR count). The lowest BCUT2D eigenvalue weighted by Crippen LogP contribution is -2.53. The van der Waals surface area contributed by atoms with Gasteiger partial charge in [-0.2, -0.15) is 5.26 Å². The maximum absolute atomic E-state index is 9.16. The van der Waals surface area contributed by atoms with E-state index in [1.165, 1.54) is 5.56 Å². The second-order valence-electron chi connectivity index (χ2n) is 5.56. The number of rotatable bonds is 3. The van der Waals surface area contributed by atoms with Gasteiger partial charge in [-0.25, -0.2) is 0 Å². The number of nitriles is 1. The highest BCUT2D eigenvalue weighted by atomic mass is 35.5. The van der Waals surface area contributed by atoms with E-state index in [2.05, 4.69) is 21.9 Å². The topological polar surface area (TPSA) is 30.3 Å². The second kappa shape index (κ2) is 5.92. The van der Waals surface area contributed by atoms with Crippen molar-refractivity contribution in [3.63, 3.8) is 0 Å². The highest BCUT2D eigenvalue weighted by molar-refractivity contribution is 6.30. The largest absolute Gasteiger partial charge is 0.297 e. The highest BCUT2D eigenvalue weighted by Crippen LogP contribution is 2.18. The Morgan fingerprint density at radius 3 is 2.53 bits per heavy atom. The van der Waals surface area contributed by atoms with Crippen LogP contribution in [0.15, 0.2) is 24.3 Å². The van der Waals surface area contributed by atoms with Crippen molar-refractivity contribution in [1.82, 2.24) is 9.80 Å². The van der Waals surface area contributed by atoms with Gasteiger partial charge in [0.05, 0.1) is 6.07 Å². The van der Waals surface area contributed by atoms with Gasteiger partial charge < -0.3 is 0 Å². The van der Waals surface area contributed by atoms with Crippen LogP contribution in [-0.4, -0.2) is 41.5 Å². The van der Waals surface area contributed by atoms with E-state index in [4.69, 9.17) is 16.9 Å². The Balaban J connectivity index is 1.89. The van der Waals surface area contributed by atoms with Crippen LogP contribution in [0.1, 0.15) is 19.4 Å². The summed E-state index contributed by atoms with van der Waals surface area (Å²) in [5.74, 6) is 0. The minimum atomic E-state index is -0.359. The summed E-state index contributed by atoms with van der Waals surface area (Å²) in [7, 11) is 0. The standard InChI is InChI=1S/C15H20ClN3/c1-15(2,12-17)19-8-6-18(7-9-19)11-13-4-3-5-14(16)10-13/h3-5,10H,6-9,11H2,1-2H3. The van der Waals surface area contributed by atoms with E-state index in [0.29, 0.717) is 0 Å². The van der Waals surface area contributed by atoms with Gasteiger partial charge in [0.2, 0.25) is 0 Å². The van der Waals surface area contributed by atoms with Gasteiger partial charge in [0.25, 0.3) is 0 Å². The van der Waals surface area contributed by atoms with Crippen molar-refractivity contribution in [2.75, 3.05) is 26.2 Å². The van der Waals surface area contributed by atoms with E-state index >= 15 is 0 Å². The SMILES string of the molecule is CC(C)(C#N)N1CCN(Cc2cccc(Cl)c2)CC1. The summed E-state index contributed by atoms with van der Waals surface area (Å²) in [6.45, 7) is 8.79. The lowest BCUT2D eigenvalue weighted by Gasteiger charge is -2.40. The molecule has 0 aromatic heterocycles. The van der Waals surface area contributed by atoms with Crippen molar-refractivity contribution < 1.29 is 0 Å². The first-order valence-corrected chi connectivity index (χ1v) is 7.02. The average Bonchev–Trinajstić information content (AvgIpc) is 2.39. The fourth-order valence-electron chi connectivity index (χ4n) is 2.43. The molecule has 102 valence electrons. The van der Waals surface area contributed by atoms with Crippen LogP contribution in [-0.2, 0) is 6.54 Å². The molecule has 0 aliphatic carbocycles. The van der Waals surface area contributed by atoms with Crippen molar-refractivity contribution >= 4 is 11.6 Å². The maximum Gasteiger partial charge on any atom is 0.103 e. The van der Waals surface area contributed by atoms with Crippen LogP contribution in [0.4, 0.5) is 0 Å². The van der Waals surface area contributed by atoms with Crippen molar-refractivity contribution in [2.24, 2.45) is 0 Å². The van der Waals surface area contributed by atoms with Crippen LogP contribution in [0.3, 0.4) is 0 Å². The molecule has 1 heterocycles. The van der Waals surface area contributed by atoms with Crippen molar-refractivity contribution in [2.45, 2.75) is 25.9 Å². The van der Waals surface area contributed by atoms with Gasteiger partial charge in [-0.15, -0.1) is 0 Å².